The van der Waals surface area contributed by atoms with Crippen LogP contribution in [0, 0.1) is 0 Å². The number of likely N-dealkylation sites (tertiary alicyclic amines) is 1. The third kappa shape index (κ3) is 6.63. The second-order valence-electron chi connectivity index (χ2n) is 9.76. The van der Waals surface area contributed by atoms with Gasteiger partial charge < -0.3 is 11.1 Å². The molecule has 2 heterocycles. The number of nitrogens with one attached hydrogen (secondary N) is 1. The highest BCUT2D eigenvalue weighted by atomic mass is 35.5. The molecule has 0 aliphatic carbocycles. The van der Waals surface area contributed by atoms with E-state index in [-0.39, 0.29) is 61.9 Å². The van der Waals surface area contributed by atoms with Crippen LogP contribution in [-0.4, -0.2) is 60.8 Å². The minimum absolute atomic E-state index is 0.0171. The van der Waals surface area contributed by atoms with Crippen LogP contribution in [0.3, 0.4) is 0 Å². The molecule has 1 fully saturated rings. The van der Waals surface area contributed by atoms with Gasteiger partial charge in [-0.2, -0.15) is 13.2 Å². The molecule has 0 bridgehead atoms. The van der Waals surface area contributed by atoms with Gasteiger partial charge in [0, 0.05) is 37.2 Å². The SMILES string of the molecule is CCS(=O)(=O)c1ccc(Cl)cc1Cn1cnc2c(Cl)c(CN3CCCC(NCCN)C3)c(C(F)(F)F)cc2c1=O. The van der Waals surface area contributed by atoms with Gasteiger partial charge in [0.05, 0.1) is 45.0 Å². The number of piperidine rings is 1. The lowest BCUT2D eigenvalue weighted by Gasteiger charge is -2.34. The van der Waals surface area contributed by atoms with Crippen molar-refractivity contribution < 1.29 is 21.6 Å². The molecule has 8 nitrogen and oxygen atoms in total. The maximum atomic E-state index is 14.3. The van der Waals surface area contributed by atoms with Crippen molar-refractivity contribution in [3.8, 4) is 0 Å². The summed E-state index contributed by atoms with van der Waals surface area (Å²) in [6.07, 6.45) is -1.92. The number of fused-ring (bicyclic) bond motifs is 1. The van der Waals surface area contributed by atoms with E-state index in [9.17, 15) is 26.4 Å². The number of halogens is 5. The van der Waals surface area contributed by atoms with Gasteiger partial charge in [0.2, 0.25) is 0 Å². The van der Waals surface area contributed by atoms with E-state index in [4.69, 9.17) is 28.9 Å². The molecule has 1 aromatic heterocycles. The Balaban J connectivity index is 1.76. The van der Waals surface area contributed by atoms with Crippen LogP contribution in [0.1, 0.15) is 36.5 Å². The van der Waals surface area contributed by atoms with Crippen molar-refractivity contribution in [2.75, 3.05) is 31.9 Å². The van der Waals surface area contributed by atoms with Crippen LogP contribution in [0.2, 0.25) is 10.0 Å². The highest BCUT2D eigenvalue weighted by Gasteiger charge is 2.37. The van der Waals surface area contributed by atoms with Crippen molar-refractivity contribution in [1.29, 1.82) is 0 Å². The molecular formula is C26H30Cl2F3N5O3S. The molecule has 4 rings (SSSR count). The van der Waals surface area contributed by atoms with E-state index < -0.39 is 27.1 Å². The first kappa shape index (κ1) is 30.7. The zero-order valence-corrected chi connectivity index (χ0v) is 24.1. The predicted molar refractivity (Wildman–Crippen MR) is 150 cm³/mol. The van der Waals surface area contributed by atoms with E-state index in [0.29, 0.717) is 26.2 Å². The molecule has 3 N–H and O–H groups in total. The van der Waals surface area contributed by atoms with Gasteiger partial charge in [-0.15, -0.1) is 0 Å². The third-order valence-electron chi connectivity index (χ3n) is 7.01. The quantitative estimate of drug-likeness (QED) is 0.371. The lowest BCUT2D eigenvalue weighted by molar-refractivity contribution is -0.138. The summed E-state index contributed by atoms with van der Waals surface area (Å²) in [7, 11) is -3.66. The average molecular weight is 621 g/mol. The zero-order chi connectivity index (χ0) is 29.2. The van der Waals surface area contributed by atoms with Crippen LogP contribution in [0.25, 0.3) is 10.9 Å². The smallest absolute Gasteiger partial charge is 0.329 e. The monoisotopic (exact) mass is 619 g/mol. The molecule has 14 heteroatoms. The lowest BCUT2D eigenvalue weighted by atomic mass is 10.0. The number of rotatable bonds is 9. The molecule has 1 aliphatic heterocycles. The fourth-order valence-electron chi connectivity index (χ4n) is 5.01. The average Bonchev–Trinajstić information content (AvgIpc) is 2.90. The minimum atomic E-state index is -4.78. The molecule has 1 atom stereocenters. The topological polar surface area (TPSA) is 110 Å². The van der Waals surface area contributed by atoms with E-state index in [1.165, 1.54) is 25.1 Å². The Labute approximate surface area is 240 Å². The van der Waals surface area contributed by atoms with Gasteiger partial charge in [0.25, 0.3) is 5.56 Å². The normalized spacial score (nSPS) is 17.0. The molecule has 218 valence electrons. The second-order valence-corrected chi connectivity index (χ2v) is 12.8. The number of benzene rings is 2. The number of nitrogens with two attached hydrogens (primary N) is 1. The fourth-order valence-corrected chi connectivity index (χ4v) is 6.63. The molecular weight excluding hydrogens is 590 g/mol. The summed E-state index contributed by atoms with van der Waals surface area (Å²) in [4.78, 5) is 19.5. The number of nitrogens with zero attached hydrogens (tertiary/aromatic N) is 3. The fraction of sp³-hybridized carbons (Fsp3) is 0.462. The highest BCUT2D eigenvalue weighted by molar-refractivity contribution is 7.91. The Morgan fingerprint density at radius 2 is 1.95 bits per heavy atom. The molecule has 1 aliphatic rings. The maximum absolute atomic E-state index is 14.3. The largest absolute Gasteiger partial charge is 0.416 e. The van der Waals surface area contributed by atoms with Gasteiger partial charge in [-0.1, -0.05) is 30.1 Å². The number of aromatic nitrogens is 2. The molecule has 0 spiro atoms. The van der Waals surface area contributed by atoms with Gasteiger partial charge in [0.15, 0.2) is 9.84 Å². The minimum Gasteiger partial charge on any atom is -0.329 e. The summed E-state index contributed by atoms with van der Waals surface area (Å²) in [6, 6.07) is 5.07. The van der Waals surface area contributed by atoms with Gasteiger partial charge in [-0.05, 0) is 54.8 Å². The molecule has 0 amide bonds. The summed E-state index contributed by atoms with van der Waals surface area (Å²) in [5.74, 6) is -0.180. The van der Waals surface area contributed by atoms with Crippen molar-refractivity contribution >= 4 is 43.9 Å². The van der Waals surface area contributed by atoms with Gasteiger partial charge in [-0.25, -0.2) is 13.4 Å². The summed E-state index contributed by atoms with van der Waals surface area (Å²) in [5, 5.41) is 3.01. The Hall–Kier alpha value is -2.22. The molecule has 1 saturated heterocycles. The summed E-state index contributed by atoms with van der Waals surface area (Å²) in [5.41, 5.74) is 3.81. The van der Waals surface area contributed by atoms with Crippen LogP contribution in [0.15, 0.2) is 40.3 Å². The van der Waals surface area contributed by atoms with Gasteiger partial charge >= 0.3 is 6.18 Å². The van der Waals surface area contributed by atoms with Gasteiger partial charge in [0.1, 0.15) is 0 Å². The maximum Gasteiger partial charge on any atom is 0.416 e. The van der Waals surface area contributed by atoms with E-state index in [0.717, 1.165) is 29.8 Å². The van der Waals surface area contributed by atoms with E-state index in [2.05, 4.69) is 10.3 Å². The molecule has 2 aromatic carbocycles. The van der Waals surface area contributed by atoms with Crippen LogP contribution in [0.5, 0.6) is 0 Å². The molecule has 40 heavy (non-hydrogen) atoms. The summed E-state index contributed by atoms with van der Waals surface area (Å²) in [6.45, 7) is 3.37. The van der Waals surface area contributed by atoms with E-state index in [1.54, 1.807) is 0 Å². The predicted octanol–water partition coefficient (Wildman–Crippen LogP) is 4.08. The first-order valence-electron chi connectivity index (χ1n) is 12.8. The van der Waals surface area contributed by atoms with Crippen LogP contribution in [-0.2, 0) is 29.1 Å². The number of alkyl halides is 3. The summed E-state index contributed by atoms with van der Waals surface area (Å²) < 4.78 is 69.1. The number of hydrogen-bond donors (Lipinski definition) is 2. The van der Waals surface area contributed by atoms with E-state index >= 15 is 0 Å². The van der Waals surface area contributed by atoms with Crippen LogP contribution >= 0.6 is 23.2 Å². The Kier molecular flexibility index (Phi) is 9.48. The Morgan fingerprint density at radius 3 is 2.62 bits per heavy atom. The summed E-state index contributed by atoms with van der Waals surface area (Å²) >= 11 is 12.6. The van der Waals surface area contributed by atoms with Crippen molar-refractivity contribution in [2.45, 2.75) is 50.0 Å². The first-order chi connectivity index (χ1) is 18.9. The lowest BCUT2D eigenvalue weighted by Crippen LogP contribution is -2.46. The van der Waals surface area contributed by atoms with Crippen molar-refractivity contribution in [1.82, 2.24) is 19.8 Å². The number of sulfone groups is 1. The molecule has 0 saturated carbocycles. The standard InChI is InChI=1S/C26H30Cl2F3N5O3S/c1-2-40(38,39)22-6-5-17(27)10-16(22)12-36-15-34-24-19(25(36)37)11-21(26(29,30)31)20(23(24)28)14-35-9-3-4-18(13-35)33-8-7-32/h5-6,10-11,15,18,33H,2-4,7-9,12-14,32H2,1H3. The van der Waals surface area contributed by atoms with E-state index in [1.807, 2.05) is 4.90 Å². The van der Waals surface area contributed by atoms with Crippen molar-refractivity contribution in [3.05, 3.63) is 67.7 Å². The van der Waals surface area contributed by atoms with Crippen molar-refractivity contribution in [2.24, 2.45) is 5.73 Å². The molecule has 1 unspecified atom stereocenters. The zero-order valence-electron chi connectivity index (χ0n) is 21.8. The Morgan fingerprint density at radius 1 is 1.20 bits per heavy atom. The van der Waals surface area contributed by atoms with Gasteiger partial charge in [-0.3, -0.25) is 14.3 Å². The third-order valence-corrected chi connectivity index (χ3v) is 9.48. The van der Waals surface area contributed by atoms with Crippen LogP contribution in [0.4, 0.5) is 13.2 Å². The molecule has 3 aromatic rings. The Bertz CT molecular complexity index is 1560. The second kappa shape index (κ2) is 12.3. The van der Waals surface area contributed by atoms with Crippen molar-refractivity contribution in [3.63, 3.8) is 0 Å². The first-order valence-corrected chi connectivity index (χ1v) is 15.2. The van der Waals surface area contributed by atoms with Crippen LogP contribution < -0.4 is 16.6 Å². The molecule has 0 radical (unpaired) electrons. The highest BCUT2D eigenvalue weighted by Crippen LogP contribution is 2.39. The number of hydrogen-bond acceptors (Lipinski definition) is 7.